The molecule has 0 radical (unpaired) electrons. The van der Waals surface area contributed by atoms with E-state index in [2.05, 4.69) is 16.0 Å². The van der Waals surface area contributed by atoms with Crippen molar-refractivity contribution >= 4 is 12.0 Å². The minimum atomic E-state index is -0.378. The van der Waals surface area contributed by atoms with Crippen molar-refractivity contribution in [2.24, 2.45) is 0 Å². The van der Waals surface area contributed by atoms with E-state index in [1.54, 1.807) is 0 Å². The lowest BCUT2D eigenvalue weighted by Crippen LogP contribution is -2.53. The van der Waals surface area contributed by atoms with Crippen LogP contribution in [0.15, 0.2) is 30.3 Å². The van der Waals surface area contributed by atoms with E-state index in [0.717, 1.165) is 18.4 Å². The third-order valence-corrected chi connectivity index (χ3v) is 3.97. The van der Waals surface area contributed by atoms with Gasteiger partial charge in [0.2, 0.25) is 5.91 Å². The molecule has 6 heteroatoms. The molecule has 0 saturated heterocycles. The van der Waals surface area contributed by atoms with Gasteiger partial charge in [-0.1, -0.05) is 30.3 Å². The average Bonchev–Trinajstić information content (AvgIpc) is 2.49. The van der Waals surface area contributed by atoms with Crippen molar-refractivity contribution < 1.29 is 14.3 Å². The molecule has 25 heavy (non-hydrogen) atoms. The number of nitrogens with one attached hydrogen (secondary N) is 3. The molecule has 0 spiro atoms. The summed E-state index contributed by atoms with van der Waals surface area (Å²) >= 11 is 0. The lowest BCUT2D eigenvalue weighted by molar-refractivity contribution is -0.122. The van der Waals surface area contributed by atoms with Crippen molar-refractivity contribution in [3.05, 3.63) is 35.9 Å². The van der Waals surface area contributed by atoms with Crippen molar-refractivity contribution in [1.82, 2.24) is 16.0 Å². The maximum Gasteiger partial charge on any atom is 0.407 e. The molecule has 1 aromatic rings. The van der Waals surface area contributed by atoms with Crippen LogP contribution in [0, 0.1) is 0 Å². The second-order valence-corrected chi connectivity index (χ2v) is 7.57. The predicted molar refractivity (Wildman–Crippen MR) is 97.1 cm³/mol. The van der Waals surface area contributed by atoms with Crippen molar-refractivity contribution in [3.63, 3.8) is 0 Å². The second kappa shape index (κ2) is 8.85. The molecule has 1 aromatic carbocycles. The first-order valence-corrected chi connectivity index (χ1v) is 8.83. The molecule has 0 atom stereocenters. The smallest absolute Gasteiger partial charge is 0.407 e. The van der Waals surface area contributed by atoms with Crippen LogP contribution >= 0.6 is 0 Å². The predicted octanol–water partition coefficient (Wildman–Crippen LogP) is 2.34. The molecule has 0 bridgehead atoms. The Morgan fingerprint density at radius 2 is 1.80 bits per heavy atom. The fourth-order valence-corrected chi connectivity index (χ4v) is 2.70. The summed E-state index contributed by atoms with van der Waals surface area (Å²) in [5.41, 5.74) is 0.780. The first kappa shape index (κ1) is 19.2. The molecule has 1 aliphatic rings. The van der Waals surface area contributed by atoms with E-state index in [4.69, 9.17) is 4.74 Å². The zero-order chi connectivity index (χ0) is 18.3. The topological polar surface area (TPSA) is 79.5 Å². The van der Waals surface area contributed by atoms with Crippen LogP contribution in [0.4, 0.5) is 4.79 Å². The Morgan fingerprint density at radius 3 is 2.44 bits per heavy atom. The van der Waals surface area contributed by atoms with Crippen LogP contribution < -0.4 is 16.0 Å². The van der Waals surface area contributed by atoms with Gasteiger partial charge in [-0.05, 0) is 39.2 Å². The van der Waals surface area contributed by atoms with Gasteiger partial charge in [0.1, 0.15) is 6.61 Å². The highest BCUT2D eigenvalue weighted by molar-refractivity contribution is 5.76. The minimum Gasteiger partial charge on any atom is -0.445 e. The first-order valence-electron chi connectivity index (χ1n) is 8.83. The van der Waals surface area contributed by atoms with Crippen LogP contribution in [0.1, 0.15) is 45.6 Å². The largest absolute Gasteiger partial charge is 0.445 e. The van der Waals surface area contributed by atoms with Gasteiger partial charge in [-0.3, -0.25) is 4.79 Å². The number of benzene rings is 1. The van der Waals surface area contributed by atoms with E-state index >= 15 is 0 Å². The van der Waals surface area contributed by atoms with Crippen molar-refractivity contribution in [2.75, 3.05) is 6.54 Å². The van der Waals surface area contributed by atoms with Crippen LogP contribution in [0.3, 0.4) is 0 Å². The van der Waals surface area contributed by atoms with Crippen LogP contribution in [0.2, 0.25) is 0 Å². The monoisotopic (exact) mass is 347 g/mol. The molecule has 0 aliphatic heterocycles. The van der Waals surface area contributed by atoms with Crippen LogP contribution in [-0.2, 0) is 16.1 Å². The molecule has 2 rings (SSSR count). The molecular formula is C19H29N3O3. The molecule has 0 unspecified atom stereocenters. The highest BCUT2D eigenvalue weighted by atomic mass is 16.5. The zero-order valence-electron chi connectivity index (χ0n) is 15.3. The number of carbonyl (C=O) groups excluding carboxylic acids is 2. The van der Waals surface area contributed by atoms with Crippen LogP contribution in [-0.4, -0.2) is 36.2 Å². The Bertz CT molecular complexity index is 563. The first-order chi connectivity index (χ1) is 11.8. The minimum absolute atomic E-state index is 0.0542. The molecule has 0 heterocycles. The number of rotatable bonds is 7. The Balaban J connectivity index is 1.52. The number of alkyl carbamates (subject to hydrolysis) is 1. The van der Waals surface area contributed by atoms with Gasteiger partial charge in [-0.15, -0.1) is 0 Å². The number of hydrogen-bond acceptors (Lipinski definition) is 4. The van der Waals surface area contributed by atoms with E-state index in [-0.39, 0.29) is 30.2 Å². The molecule has 0 aromatic heterocycles. The Labute approximate surface area is 149 Å². The van der Waals surface area contributed by atoms with Gasteiger partial charge in [-0.25, -0.2) is 4.79 Å². The number of hydrogen-bond donors (Lipinski definition) is 3. The lowest BCUT2D eigenvalue weighted by Gasteiger charge is -2.36. The third-order valence-electron chi connectivity index (χ3n) is 3.97. The fraction of sp³-hybridized carbons (Fsp3) is 0.579. The van der Waals surface area contributed by atoms with Gasteiger partial charge in [-0.2, -0.15) is 0 Å². The molecule has 2 amide bonds. The third kappa shape index (κ3) is 7.56. The normalized spacial score (nSPS) is 19.6. The molecule has 138 valence electrons. The van der Waals surface area contributed by atoms with E-state index in [0.29, 0.717) is 19.0 Å². The van der Waals surface area contributed by atoms with Gasteiger partial charge < -0.3 is 20.7 Å². The fourth-order valence-electron chi connectivity index (χ4n) is 2.70. The maximum absolute atomic E-state index is 11.8. The summed E-state index contributed by atoms with van der Waals surface area (Å²) < 4.78 is 5.21. The van der Waals surface area contributed by atoms with Crippen LogP contribution in [0.5, 0.6) is 0 Å². The Morgan fingerprint density at radius 1 is 1.12 bits per heavy atom. The van der Waals surface area contributed by atoms with Crippen molar-refractivity contribution in [2.45, 2.75) is 64.3 Å². The van der Waals surface area contributed by atoms with Gasteiger partial charge in [0, 0.05) is 30.6 Å². The molecule has 1 aliphatic carbocycles. The summed E-state index contributed by atoms with van der Waals surface area (Å²) in [6, 6.07) is 10.1. The van der Waals surface area contributed by atoms with Gasteiger partial charge >= 0.3 is 6.09 Å². The average molecular weight is 347 g/mol. The molecule has 1 saturated carbocycles. The van der Waals surface area contributed by atoms with Gasteiger partial charge in [0.05, 0.1) is 0 Å². The summed E-state index contributed by atoms with van der Waals surface area (Å²) in [5.74, 6) is 0.0542. The van der Waals surface area contributed by atoms with Gasteiger partial charge in [0.15, 0.2) is 0 Å². The van der Waals surface area contributed by atoms with E-state index in [9.17, 15) is 9.59 Å². The van der Waals surface area contributed by atoms with Crippen molar-refractivity contribution in [1.29, 1.82) is 0 Å². The molecule has 6 nitrogen and oxygen atoms in total. The number of amides is 2. The summed E-state index contributed by atoms with van der Waals surface area (Å²) in [7, 11) is 0. The molecule has 3 N–H and O–H groups in total. The van der Waals surface area contributed by atoms with Gasteiger partial charge in [0.25, 0.3) is 0 Å². The number of ether oxygens (including phenoxy) is 1. The second-order valence-electron chi connectivity index (χ2n) is 7.57. The highest BCUT2D eigenvalue weighted by Crippen LogP contribution is 2.20. The van der Waals surface area contributed by atoms with Crippen LogP contribution in [0.25, 0.3) is 0 Å². The van der Waals surface area contributed by atoms with E-state index in [1.807, 2.05) is 51.1 Å². The Hall–Kier alpha value is -2.08. The number of carbonyl (C=O) groups is 2. The Kier molecular flexibility index (Phi) is 6.82. The standard InChI is InChI=1S/C19H29N3O3/c1-19(2,3)22-17(23)9-10-20-15-11-16(12-15)21-18(24)25-13-14-7-5-4-6-8-14/h4-8,15-16,20H,9-13H2,1-3H3,(H,21,24)(H,22,23). The lowest BCUT2D eigenvalue weighted by atomic mass is 9.87. The summed E-state index contributed by atoms with van der Waals surface area (Å²) in [4.78, 5) is 23.5. The quantitative estimate of drug-likeness (QED) is 0.707. The zero-order valence-corrected chi connectivity index (χ0v) is 15.3. The SMILES string of the molecule is CC(C)(C)NC(=O)CCNC1CC(NC(=O)OCc2ccccc2)C1. The van der Waals surface area contributed by atoms with E-state index in [1.165, 1.54) is 0 Å². The van der Waals surface area contributed by atoms with E-state index < -0.39 is 0 Å². The summed E-state index contributed by atoms with van der Waals surface area (Å²) in [6.45, 7) is 6.84. The molecular weight excluding hydrogens is 318 g/mol. The summed E-state index contributed by atoms with van der Waals surface area (Å²) in [5, 5.41) is 9.15. The van der Waals surface area contributed by atoms with Crippen molar-refractivity contribution in [3.8, 4) is 0 Å². The maximum atomic E-state index is 11.8. The summed E-state index contributed by atoms with van der Waals surface area (Å²) in [6.07, 6.45) is 1.81. The molecule has 1 fully saturated rings. The highest BCUT2D eigenvalue weighted by Gasteiger charge is 2.30.